The molecule has 2 rings (SSSR count). The maximum Gasteiger partial charge on any atom is 0.101 e. The summed E-state index contributed by atoms with van der Waals surface area (Å²) in [5, 5.41) is 18.3. The first-order chi connectivity index (χ1) is 9.28. The Morgan fingerprint density at radius 2 is 1.79 bits per heavy atom. The van der Waals surface area contributed by atoms with Crippen LogP contribution in [0.2, 0.25) is 0 Å². The number of aliphatic hydroxyl groups excluding tert-OH is 1. The Hall–Kier alpha value is -1.41. The standard InChI is InChI=1S/C15H13NOS2/c1-18-14-3-2-4-15(13(14)9-16)19-12-7-5-11(10-17)6-8-12/h2-8,17H,10H2,1H3. The lowest BCUT2D eigenvalue weighted by molar-refractivity contribution is 0.282. The molecule has 2 aromatic carbocycles. The average molecular weight is 287 g/mol. The van der Waals surface area contributed by atoms with E-state index in [4.69, 9.17) is 5.11 Å². The summed E-state index contributed by atoms with van der Waals surface area (Å²) in [5.74, 6) is 0. The molecular weight excluding hydrogens is 274 g/mol. The van der Waals surface area contributed by atoms with Gasteiger partial charge >= 0.3 is 0 Å². The van der Waals surface area contributed by atoms with Gasteiger partial charge in [0.05, 0.1) is 12.2 Å². The fraction of sp³-hybridized carbons (Fsp3) is 0.133. The number of nitrogens with zero attached hydrogens (tertiary/aromatic N) is 1. The quantitative estimate of drug-likeness (QED) is 0.866. The van der Waals surface area contributed by atoms with Gasteiger partial charge in [0.25, 0.3) is 0 Å². The summed E-state index contributed by atoms with van der Waals surface area (Å²) in [6, 6.07) is 15.9. The summed E-state index contributed by atoms with van der Waals surface area (Å²) < 4.78 is 0. The van der Waals surface area contributed by atoms with Crippen molar-refractivity contribution >= 4 is 23.5 Å². The number of thioether (sulfide) groups is 1. The van der Waals surface area contributed by atoms with Crippen LogP contribution in [0.1, 0.15) is 11.1 Å². The van der Waals surface area contributed by atoms with Crippen LogP contribution >= 0.6 is 23.5 Å². The second-order valence-electron chi connectivity index (χ2n) is 3.85. The molecule has 96 valence electrons. The van der Waals surface area contributed by atoms with Crippen LogP contribution in [0.25, 0.3) is 0 Å². The summed E-state index contributed by atoms with van der Waals surface area (Å²) in [5.41, 5.74) is 1.62. The van der Waals surface area contributed by atoms with Gasteiger partial charge in [-0.3, -0.25) is 0 Å². The zero-order valence-corrected chi connectivity index (χ0v) is 12.1. The summed E-state index contributed by atoms with van der Waals surface area (Å²) >= 11 is 3.15. The Bertz CT molecular complexity index is 603. The molecule has 0 radical (unpaired) electrons. The van der Waals surface area contributed by atoms with Crippen LogP contribution in [-0.2, 0) is 6.61 Å². The maximum atomic E-state index is 9.28. The molecule has 0 spiro atoms. The molecule has 2 aromatic rings. The zero-order valence-electron chi connectivity index (χ0n) is 10.5. The summed E-state index contributed by atoms with van der Waals surface area (Å²) in [6.07, 6.45) is 1.97. The van der Waals surface area contributed by atoms with Crippen molar-refractivity contribution in [3.63, 3.8) is 0 Å². The minimum absolute atomic E-state index is 0.0519. The number of rotatable bonds is 4. The van der Waals surface area contributed by atoms with Gasteiger partial charge in [0, 0.05) is 14.7 Å². The first kappa shape index (κ1) is 14.0. The highest BCUT2D eigenvalue weighted by atomic mass is 32.2. The molecule has 4 heteroatoms. The van der Waals surface area contributed by atoms with E-state index in [2.05, 4.69) is 6.07 Å². The largest absolute Gasteiger partial charge is 0.392 e. The Balaban J connectivity index is 2.30. The molecular formula is C15H13NOS2. The van der Waals surface area contributed by atoms with Gasteiger partial charge < -0.3 is 5.11 Å². The van der Waals surface area contributed by atoms with Gasteiger partial charge in [-0.05, 0) is 36.1 Å². The molecule has 0 saturated heterocycles. The van der Waals surface area contributed by atoms with E-state index in [0.29, 0.717) is 0 Å². The molecule has 1 N–H and O–H groups in total. The normalized spacial score (nSPS) is 10.2. The van der Waals surface area contributed by atoms with Gasteiger partial charge in [-0.1, -0.05) is 30.0 Å². The van der Waals surface area contributed by atoms with Crippen molar-refractivity contribution in [3.8, 4) is 6.07 Å². The second-order valence-corrected chi connectivity index (χ2v) is 5.81. The number of aliphatic hydroxyl groups is 1. The monoisotopic (exact) mass is 287 g/mol. The second kappa shape index (κ2) is 6.67. The summed E-state index contributed by atoms with van der Waals surface area (Å²) in [4.78, 5) is 3.03. The molecule has 0 aliphatic rings. The lowest BCUT2D eigenvalue weighted by atomic mass is 10.2. The molecule has 0 aromatic heterocycles. The van der Waals surface area contributed by atoms with Gasteiger partial charge in [-0.2, -0.15) is 5.26 Å². The smallest absolute Gasteiger partial charge is 0.101 e. The highest BCUT2D eigenvalue weighted by Gasteiger charge is 2.08. The SMILES string of the molecule is CSc1cccc(Sc2ccc(CO)cc2)c1C#N. The van der Waals surface area contributed by atoms with Crippen molar-refractivity contribution in [2.45, 2.75) is 21.3 Å². The van der Waals surface area contributed by atoms with E-state index in [1.54, 1.807) is 23.5 Å². The topological polar surface area (TPSA) is 44.0 Å². The van der Waals surface area contributed by atoms with Crippen molar-refractivity contribution in [1.29, 1.82) is 5.26 Å². The molecule has 0 unspecified atom stereocenters. The number of nitriles is 1. The van der Waals surface area contributed by atoms with Crippen LogP contribution < -0.4 is 0 Å². The van der Waals surface area contributed by atoms with Crippen molar-refractivity contribution in [2.75, 3.05) is 6.26 Å². The third-order valence-electron chi connectivity index (χ3n) is 2.65. The van der Waals surface area contributed by atoms with Crippen molar-refractivity contribution in [2.24, 2.45) is 0 Å². The lowest BCUT2D eigenvalue weighted by Crippen LogP contribution is -1.86. The molecule has 0 aliphatic heterocycles. The molecule has 0 amide bonds. The van der Waals surface area contributed by atoms with Crippen LogP contribution in [0.4, 0.5) is 0 Å². The number of hydrogen-bond acceptors (Lipinski definition) is 4. The molecule has 0 fully saturated rings. The van der Waals surface area contributed by atoms with Crippen molar-refractivity contribution in [3.05, 3.63) is 53.6 Å². The van der Waals surface area contributed by atoms with Gasteiger partial charge in [0.2, 0.25) is 0 Å². The molecule has 19 heavy (non-hydrogen) atoms. The first-order valence-corrected chi connectivity index (χ1v) is 7.77. The average Bonchev–Trinajstić information content (AvgIpc) is 2.47. The predicted molar refractivity (Wildman–Crippen MR) is 79.4 cm³/mol. The van der Waals surface area contributed by atoms with Crippen LogP contribution in [0, 0.1) is 11.3 Å². The highest BCUT2D eigenvalue weighted by molar-refractivity contribution is 8.00. The Kier molecular flexibility index (Phi) is 4.92. The highest BCUT2D eigenvalue weighted by Crippen LogP contribution is 2.34. The minimum atomic E-state index is 0.0519. The zero-order chi connectivity index (χ0) is 13.7. The van der Waals surface area contributed by atoms with E-state index >= 15 is 0 Å². The van der Waals surface area contributed by atoms with E-state index in [9.17, 15) is 5.26 Å². The maximum absolute atomic E-state index is 9.28. The molecule has 0 aliphatic carbocycles. The van der Waals surface area contributed by atoms with E-state index < -0.39 is 0 Å². The fourth-order valence-electron chi connectivity index (χ4n) is 1.67. The molecule has 0 saturated carbocycles. The van der Waals surface area contributed by atoms with E-state index in [0.717, 1.165) is 25.8 Å². The fourth-order valence-corrected chi connectivity index (χ4v) is 3.24. The Labute approximate surface area is 121 Å². The van der Waals surface area contributed by atoms with Crippen molar-refractivity contribution < 1.29 is 5.11 Å². The third kappa shape index (κ3) is 3.32. The molecule has 0 heterocycles. The summed E-state index contributed by atoms with van der Waals surface area (Å²) in [6.45, 7) is 0.0519. The van der Waals surface area contributed by atoms with E-state index in [-0.39, 0.29) is 6.61 Å². The van der Waals surface area contributed by atoms with E-state index in [1.807, 2.05) is 48.7 Å². The van der Waals surface area contributed by atoms with Crippen LogP contribution in [0.5, 0.6) is 0 Å². The number of hydrogen-bond donors (Lipinski definition) is 1. The number of benzene rings is 2. The van der Waals surface area contributed by atoms with Gasteiger partial charge in [-0.25, -0.2) is 0 Å². The van der Waals surface area contributed by atoms with Gasteiger partial charge in [0.15, 0.2) is 0 Å². The molecule has 2 nitrogen and oxygen atoms in total. The van der Waals surface area contributed by atoms with Gasteiger partial charge in [0.1, 0.15) is 6.07 Å². The van der Waals surface area contributed by atoms with Crippen LogP contribution in [-0.4, -0.2) is 11.4 Å². The first-order valence-electron chi connectivity index (χ1n) is 5.73. The van der Waals surface area contributed by atoms with Crippen molar-refractivity contribution in [1.82, 2.24) is 0 Å². The minimum Gasteiger partial charge on any atom is -0.392 e. The van der Waals surface area contributed by atoms with Gasteiger partial charge in [-0.15, -0.1) is 11.8 Å². The molecule has 0 atom stereocenters. The Morgan fingerprint density at radius 3 is 2.37 bits per heavy atom. The van der Waals surface area contributed by atoms with Crippen LogP contribution in [0.15, 0.2) is 57.2 Å². The van der Waals surface area contributed by atoms with E-state index in [1.165, 1.54) is 0 Å². The molecule has 0 bridgehead atoms. The third-order valence-corrected chi connectivity index (χ3v) is 4.50. The van der Waals surface area contributed by atoms with Crippen LogP contribution in [0.3, 0.4) is 0 Å². The predicted octanol–water partition coefficient (Wildman–Crippen LogP) is 3.92. The lowest BCUT2D eigenvalue weighted by Gasteiger charge is -2.07. The summed E-state index contributed by atoms with van der Waals surface area (Å²) in [7, 11) is 0. The Morgan fingerprint density at radius 1 is 1.11 bits per heavy atom.